The molecule has 6 nitrogen and oxygen atoms in total. The quantitative estimate of drug-likeness (QED) is 0.692. The molecule has 0 saturated heterocycles. The van der Waals surface area contributed by atoms with Crippen LogP contribution in [-0.4, -0.2) is 24.5 Å². The molecule has 142 valence electrons. The van der Waals surface area contributed by atoms with Crippen molar-refractivity contribution < 1.29 is 31.5 Å². The van der Waals surface area contributed by atoms with Gasteiger partial charge in [0.15, 0.2) is 0 Å². The lowest BCUT2D eigenvalue weighted by Gasteiger charge is -2.13. The number of nitrogens with one attached hydrogen (secondary N) is 2. The molecule has 1 aromatic carbocycles. The van der Waals surface area contributed by atoms with Crippen molar-refractivity contribution in [3.05, 3.63) is 45.7 Å². The highest BCUT2D eigenvalue weighted by atomic mass is 35.5. The number of H-pyrrole nitrogens is 1. The zero-order valence-electron chi connectivity index (χ0n) is 13.5. The summed E-state index contributed by atoms with van der Waals surface area (Å²) in [6.07, 6.45) is -4.48. The number of aryl methyl sites for hydroxylation is 2. The van der Waals surface area contributed by atoms with E-state index in [1.165, 1.54) is 6.92 Å². The Morgan fingerprint density at radius 1 is 1.35 bits per heavy atom. The van der Waals surface area contributed by atoms with Gasteiger partial charge in [-0.3, -0.25) is 4.72 Å². The lowest BCUT2D eigenvalue weighted by atomic mass is 10.2. The molecule has 0 aliphatic rings. The minimum atomic E-state index is -4.68. The van der Waals surface area contributed by atoms with Crippen LogP contribution in [0.15, 0.2) is 23.1 Å². The van der Waals surface area contributed by atoms with E-state index in [-0.39, 0.29) is 23.5 Å². The normalized spacial score (nSPS) is 12.2. The van der Waals surface area contributed by atoms with E-state index >= 15 is 0 Å². The van der Waals surface area contributed by atoms with Crippen LogP contribution in [0.1, 0.15) is 34.2 Å². The molecule has 0 fully saturated rings. The summed E-state index contributed by atoms with van der Waals surface area (Å²) < 4.78 is 65.6. The van der Waals surface area contributed by atoms with Crippen molar-refractivity contribution in [3.8, 4) is 0 Å². The molecule has 0 unspecified atom stereocenters. The van der Waals surface area contributed by atoms with Crippen LogP contribution in [0.25, 0.3) is 0 Å². The first kappa shape index (κ1) is 20.1. The lowest BCUT2D eigenvalue weighted by Crippen LogP contribution is -2.17. The monoisotopic (exact) mass is 410 g/mol. The number of hydrogen-bond acceptors (Lipinski definition) is 3. The average Bonchev–Trinajstić information content (AvgIpc) is 2.83. The Kier molecular flexibility index (Phi) is 5.29. The molecule has 2 rings (SSSR count). The average molecular weight is 411 g/mol. The van der Waals surface area contributed by atoms with Crippen molar-refractivity contribution in [2.24, 2.45) is 0 Å². The van der Waals surface area contributed by atoms with Crippen LogP contribution in [0.2, 0.25) is 5.02 Å². The summed E-state index contributed by atoms with van der Waals surface area (Å²) in [5, 5.41) is 8.61. The van der Waals surface area contributed by atoms with Gasteiger partial charge in [0.05, 0.1) is 16.3 Å². The third-order valence-corrected chi connectivity index (χ3v) is 5.38. The van der Waals surface area contributed by atoms with Crippen LogP contribution in [0.3, 0.4) is 0 Å². The molecule has 1 heterocycles. The number of anilines is 1. The molecular formula is C15H14ClF3N2O4S. The highest BCUT2D eigenvalue weighted by Crippen LogP contribution is 2.36. The molecule has 0 radical (unpaired) electrons. The van der Waals surface area contributed by atoms with Gasteiger partial charge in [-0.2, -0.15) is 13.2 Å². The third kappa shape index (κ3) is 3.80. The summed E-state index contributed by atoms with van der Waals surface area (Å²) >= 11 is 5.58. The van der Waals surface area contributed by atoms with Crippen LogP contribution in [0, 0.1) is 6.92 Å². The molecule has 1 aromatic heterocycles. The van der Waals surface area contributed by atoms with Crippen LogP contribution in [0.4, 0.5) is 18.9 Å². The van der Waals surface area contributed by atoms with E-state index in [0.717, 1.165) is 12.1 Å². The standard InChI is InChI=1S/C15H14ClF3N2O4S/c1-3-11-13(12(14(22)23)7(2)20-11)26(24,25)21-8-4-5-9(10(16)6-8)15(17,18)19/h4-6,20-21H,3H2,1-2H3,(H,22,23). The van der Waals surface area contributed by atoms with E-state index in [9.17, 15) is 31.5 Å². The van der Waals surface area contributed by atoms with E-state index < -0.39 is 43.2 Å². The van der Waals surface area contributed by atoms with Crippen molar-refractivity contribution >= 4 is 33.3 Å². The number of carbonyl (C=O) groups is 1. The number of halogens is 4. The Morgan fingerprint density at radius 2 is 1.96 bits per heavy atom. The summed E-state index contributed by atoms with van der Waals surface area (Å²) in [4.78, 5) is 13.7. The van der Waals surface area contributed by atoms with E-state index in [0.29, 0.717) is 6.07 Å². The minimum absolute atomic E-state index is 0.153. The molecule has 0 aliphatic carbocycles. The number of aromatic amines is 1. The maximum Gasteiger partial charge on any atom is 0.417 e. The number of aromatic carboxylic acids is 1. The fourth-order valence-electron chi connectivity index (χ4n) is 2.48. The second kappa shape index (κ2) is 6.84. The first-order chi connectivity index (χ1) is 11.9. The largest absolute Gasteiger partial charge is 0.478 e. The van der Waals surface area contributed by atoms with Gasteiger partial charge in [-0.05, 0) is 31.5 Å². The SMILES string of the molecule is CCc1[nH]c(C)c(C(=O)O)c1S(=O)(=O)Nc1ccc(C(F)(F)F)c(Cl)c1. The second-order valence-corrected chi connectivity index (χ2v) is 7.42. The summed E-state index contributed by atoms with van der Waals surface area (Å²) in [7, 11) is -4.38. The van der Waals surface area contributed by atoms with Gasteiger partial charge in [0.25, 0.3) is 10.0 Å². The molecule has 3 N–H and O–H groups in total. The van der Waals surface area contributed by atoms with Gasteiger partial charge in [-0.1, -0.05) is 18.5 Å². The maximum atomic E-state index is 12.7. The third-order valence-electron chi connectivity index (χ3n) is 3.58. The van der Waals surface area contributed by atoms with Gasteiger partial charge < -0.3 is 10.1 Å². The van der Waals surface area contributed by atoms with Crippen molar-refractivity contribution in [3.63, 3.8) is 0 Å². The van der Waals surface area contributed by atoms with E-state index in [1.54, 1.807) is 6.92 Å². The summed E-state index contributed by atoms with van der Waals surface area (Å²) in [6.45, 7) is 3.04. The zero-order chi connectivity index (χ0) is 19.9. The van der Waals surface area contributed by atoms with Gasteiger partial charge in [0, 0.05) is 11.4 Å². The molecule has 0 spiro atoms. The number of alkyl halides is 3. The van der Waals surface area contributed by atoms with Gasteiger partial charge in [-0.15, -0.1) is 0 Å². The minimum Gasteiger partial charge on any atom is -0.478 e. The second-order valence-electron chi connectivity index (χ2n) is 5.39. The fraction of sp³-hybridized carbons (Fsp3) is 0.267. The summed E-state index contributed by atoms with van der Waals surface area (Å²) in [5.41, 5.74) is -1.43. The highest BCUT2D eigenvalue weighted by molar-refractivity contribution is 7.92. The number of rotatable bonds is 5. The number of carboxylic acids is 1. The van der Waals surface area contributed by atoms with Crippen LogP contribution < -0.4 is 4.72 Å². The fourth-order valence-corrected chi connectivity index (χ4v) is 4.34. The predicted molar refractivity (Wildman–Crippen MR) is 89.1 cm³/mol. The number of carboxylic acid groups (broad SMARTS) is 1. The number of hydrogen-bond donors (Lipinski definition) is 3. The zero-order valence-corrected chi connectivity index (χ0v) is 15.1. The maximum absolute atomic E-state index is 12.7. The molecule has 0 bridgehead atoms. The smallest absolute Gasteiger partial charge is 0.417 e. The molecule has 26 heavy (non-hydrogen) atoms. The number of sulfonamides is 1. The van der Waals surface area contributed by atoms with Crippen molar-refractivity contribution in [1.29, 1.82) is 0 Å². The lowest BCUT2D eigenvalue weighted by molar-refractivity contribution is -0.137. The Balaban J connectivity index is 2.51. The Bertz CT molecular complexity index is 968. The first-order valence-corrected chi connectivity index (χ1v) is 9.09. The Morgan fingerprint density at radius 3 is 2.42 bits per heavy atom. The van der Waals surface area contributed by atoms with Crippen molar-refractivity contribution in [2.75, 3.05) is 4.72 Å². The first-order valence-electron chi connectivity index (χ1n) is 7.22. The predicted octanol–water partition coefficient (Wildman–Crippen LogP) is 4.06. The molecule has 0 amide bonds. The Hall–Kier alpha value is -2.20. The number of benzene rings is 1. The van der Waals surface area contributed by atoms with E-state index in [1.807, 2.05) is 0 Å². The van der Waals surface area contributed by atoms with E-state index in [2.05, 4.69) is 9.71 Å². The van der Waals surface area contributed by atoms with E-state index in [4.69, 9.17) is 11.6 Å². The van der Waals surface area contributed by atoms with Crippen LogP contribution in [-0.2, 0) is 22.6 Å². The van der Waals surface area contributed by atoms with Crippen LogP contribution in [0.5, 0.6) is 0 Å². The van der Waals surface area contributed by atoms with Gasteiger partial charge in [0.2, 0.25) is 0 Å². The van der Waals surface area contributed by atoms with Gasteiger partial charge in [0.1, 0.15) is 10.5 Å². The molecule has 11 heteroatoms. The molecule has 2 aromatic rings. The summed E-state index contributed by atoms with van der Waals surface area (Å²) in [6, 6.07) is 2.35. The van der Waals surface area contributed by atoms with Gasteiger partial charge >= 0.3 is 12.1 Å². The molecule has 0 aliphatic heterocycles. The number of aromatic nitrogens is 1. The van der Waals surface area contributed by atoms with Crippen molar-refractivity contribution in [2.45, 2.75) is 31.3 Å². The summed E-state index contributed by atoms with van der Waals surface area (Å²) in [5.74, 6) is -1.44. The molecular weight excluding hydrogens is 397 g/mol. The highest BCUT2D eigenvalue weighted by Gasteiger charge is 2.34. The van der Waals surface area contributed by atoms with Gasteiger partial charge in [-0.25, -0.2) is 13.2 Å². The molecule has 0 atom stereocenters. The topological polar surface area (TPSA) is 99.3 Å². The van der Waals surface area contributed by atoms with Crippen LogP contribution >= 0.6 is 11.6 Å². The van der Waals surface area contributed by atoms with Crippen molar-refractivity contribution in [1.82, 2.24) is 4.98 Å². The molecule has 0 saturated carbocycles. The Labute approximate surface area is 152 Å².